The molecule has 3 heteroatoms. The van der Waals surface area contributed by atoms with Crippen LogP contribution in [0.3, 0.4) is 0 Å². The van der Waals surface area contributed by atoms with Crippen LogP contribution < -0.4 is 15.6 Å². The van der Waals surface area contributed by atoms with E-state index in [1.807, 2.05) is 31.2 Å². The Labute approximate surface area is 186 Å². The molecule has 3 rings (SSSR count). The highest BCUT2D eigenvalue weighted by atomic mass is 28.4. The van der Waals surface area contributed by atoms with Crippen LogP contribution in [0, 0.1) is 11.8 Å². The lowest BCUT2D eigenvalue weighted by Gasteiger charge is -2.32. The van der Waals surface area contributed by atoms with Crippen molar-refractivity contribution in [3.05, 3.63) is 114 Å². The summed E-state index contributed by atoms with van der Waals surface area (Å²) in [6.07, 6.45) is 4.44. The lowest BCUT2D eigenvalue weighted by Crippen LogP contribution is -2.69. The van der Waals surface area contributed by atoms with E-state index in [4.69, 9.17) is 4.43 Å². The number of allylic oxidation sites excluding steroid dienone is 3. The first-order chi connectivity index (χ1) is 15.2. The summed E-state index contributed by atoms with van der Waals surface area (Å²) in [5.41, 5.74) is 1.52. The summed E-state index contributed by atoms with van der Waals surface area (Å²) >= 11 is 0. The Morgan fingerprint density at radius 2 is 1.26 bits per heavy atom. The molecule has 3 aromatic rings. The summed E-state index contributed by atoms with van der Waals surface area (Å²) in [5, 5.41) is 3.61. The molecule has 0 bridgehead atoms. The van der Waals surface area contributed by atoms with Gasteiger partial charge in [-0.15, -0.1) is 0 Å². The van der Waals surface area contributed by atoms with Crippen LogP contribution >= 0.6 is 0 Å². The quantitative estimate of drug-likeness (QED) is 0.191. The number of hydrogen-bond acceptors (Lipinski definition) is 2. The summed E-state index contributed by atoms with van der Waals surface area (Å²) in [6.45, 7) is 4.14. The molecule has 154 valence electrons. The van der Waals surface area contributed by atoms with Crippen LogP contribution in [-0.4, -0.2) is 21.2 Å². The van der Waals surface area contributed by atoms with Gasteiger partial charge in [0, 0.05) is 0 Å². The highest BCUT2D eigenvalue weighted by Gasteiger charge is 2.41. The Bertz CT molecular complexity index is 1010. The molecule has 0 aliphatic heterocycles. The fourth-order valence-corrected chi connectivity index (χ4v) is 7.23. The van der Waals surface area contributed by atoms with Gasteiger partial charge in [-0.1, -0.05) is 103 Å². The fourth-order valence-electron chi connectivity index (χ4n) is 3.41. The molecule has 0 aliphatic rings. The van der Waals surface area contributed by atoms with E-state index in [9.17, 15) is 4.79 Å². The summed E-state index contributed by atoms with van der Waals surface area (Å²) in [5.74, 6) is 5.99. The van der Waals surface area contributed by atoms with Gasteiger partial charge in [0.05, 0.1) is 6.61 Å². The van der Waals surface area contributed by atoms with Gasteiger partial charge in [-0.05, 0) is 52.7 Å². The van der Waals surface area contributed by atoms with Crippen molar-refractivity contribution in [2.24, 2.45) is 0 Å². The molecular weight excluding hydrogens is 396 g/mol. The zero-order valence-electron chi connectivity index (χ0n) is 17.9. The first-order valence-electron chi connectivity index (χ1n) is 10.3. The van der Waals surface area contributed by atoms with Crippen LogP contribution in [-0.2, 0) is 9.22 Å². The van der Waals surface area contributed by atoms with Gasteiger partial charge in [-0.25, -0.2) is 0 Å². The Hall–Kier alpha value is -3.45. The van der Waals surface area contributed by atoms with Crippen molar-refractivity contribution >= 4 is 30.2 Å². The lowest BCUT2D eigenvalue weighted by atomic mass is 10.2. The van der Waals surface area contributed by atoms with Gasteiger partial charge in [-0.3, -0.25) is 4.79 Å². The standard InChI is InChI=1S/C28H26O2Si/c1-24(13-12-14-25(2)23-29)21-22-30-31(26-15-6-3-7-16-26,27-17-8-4-9-18-27)28-19-10-5-11-20-28/h3-11,14-21,23H,22H2,1-2H3. The molecule has 0 radical (unpaired) electrons. The molecule has 0 unspecified atom stereocenters. The summed E-state index contributed by atoms with van der Waals surface area (Å²) in [7, 11) is -2.70. The molecule has 0 amide bonds. The number of benzene rings is 3. The Balaban J connectivity index is 2.02. The van der Waals surface area contributed by atoms with Crippen LogP contribution in [0.1, 0.15) is 13.8 Å². The molecule has 0 saturated heterocycles. The van der Waals surface area contributed by atoms with E-state index in [0.717, 1.165) is 11.9 Å². The van der Waals surface area contributed by atoms with Crippen molar-refractivity contribution < 1.29 is 9.22 Å². The van der Waals surface area contributed by atoms with Crippen molar-refractivity contribution in [2.45, 2.75) is 13.8 Å². The van der Waals surface area contributed by atoms with Crippen molar-refractivity contribution in [3.63, 3.8) is 0 Å². The topological polar surface area (TPSA) is 26.3 Å². The van der Waals surface area contributed by atoms with Gasteiger partial charge in [0.1, 0.15) is 6.29 Å². The Morgan fingerprint density at radius 1 is 0.806 bits per heavy atom. The van der Waals surface area contributed by atoms with Gasteiger partial charge in [-0.2, -0.15) is 0 Å². The largest absolute Gasteiger partial charge is 0.400 e. The normalized spacial score (nSPS) is 12.1. The second kappa shape index (κ2) is 11.1. The second-order valence-corrected chi connectivity index (χ2v) is 10.6. The zero-order valence-corrected chi connectivity index (χ0v) is 18.9. The molecular formula is C28H26O2Si. The van der Waals surface area contributed by atoms with E-state index >= 15 is 0 Å². The SMILES string of the molecule is CC(C#CC=C(C)C=O)=CCO[Si](c1ccccc1)(c1ccccc1)c1ccccc1. The summed E-state index contributed by atoms with van der Waals surface area (Å²) in [6, 6.07) is 31.5. The minimum absolute atomic E-state index is 0.446. The fraction of sp³-hybridized carbons (Fsp3) is 0.107. The molecule has 0 N–H and O–H groups in total. The summed E-state index contributed by atoms with van der Waals surface area (Å²) < 4.78 is 6.83. The third kappa shape index (κ3) is 5.58. The Kier molecular flexibility index (Phi) is 7.95. The minimum Gasteiger partial charge on any atom is -0.400 e. The highest BCUT2D eigenvalue weighted by Crippen LogP contribution is 2.10. The van der Waals surface area contributed by atoms with Gasteiger partial charge in [0.25, 0.3) is 8.32 Å². The van der Waals surface area contributed by atoms with E-state index in [0.29, 0.717) is 12.2 Å². The van der Waals surface area contributed by atoms with Gasteiger partial charge < -0.3 is 4.43 Å². The maximum Gasteiger partial charge on any atom is 0.288 e. The van der Waals surface area contributed by atoms with E-state index in [1.165, 1.54) is 15.6 Å². The molecule has 0 saturated carbocycles. The number of carbonyl (C=O) groups is 1. The van der Waals surface area contributed by atoms with E-state index < -0.39 is 8.32 Å². The van der Waals surface area contributed by atoms with Crippen LogP contribution in [0.2, 0.25) is 0 Å². The average molecular weight is 423 g/mol. The van der Waals surface area contributed by atoms with Crippen LogP contribution in [0.4, 0.5) is 0 Å². The minimum atomic E-state index is -2.70. The van der Waals surface area contributed by atoms with Crippen LogP contribution in [0.5, 0.6) is 0 Å². The molecule has 0 atom stereocenters. The number of carbonyl (C=O) groups excluding carboxylic acids is 1. The highest BCUT2D eigenvalue weighted by molar-refractivity contribution is 7.07. The first-order valence-corrected chi connectivity index (χ1v) is 12.2. The molecule has 31 heavy (non-hydrogen) atoms. The number of aldehydes is 1. The maximum atomic E-state index is 10.7. The van der Waals surface area contributed by atoms with Gasteiger partial charge in [0.2, 0.25) is 0 Å². The molecule has 3 aromatic carbocycles. The van der Waals surface area contributed by atoms with Crippen molar-refractivity contribution in [1.29, 1.82) is 0 Å². The number of rotatable bonds is 7. The van der Waals surface area contributed by atoms with Crippen molar-refractivity contribution in [2.75, 3.05) is 6.61 Å². The van der Waals surface area contributed by atoms with E-state index in [-0.39, 0.29) is 0 Å². The third-order valence-corrected chi connectivity index (χ3v) is 9.02. The second-order valence-electron chi connectivity index (χ2n) is 7.25. The molecule has 0 heterocycles. The summed E-state index contributed by atoms with van der Waals surface area (Å²) in [4.78, 5) is 10.7. The maximum absolute atomic E-state index is 10.7. The zero-order chi connectivity index (χ0) is 21.9. The van der Waals surface area contributed by atoms with Crippen molar-refractivity contribution in [1.82, 2.24) is 0 Å². The predicted octanol–water partition coefficient (Wildman–Crippen LogP) is 3.77. The van der Waals surface area contributed by atoms with E-state index in [2.05, 4.69) is 84.6 Å². The predicted molar refractivity (Wildman–Crippen MR) is 131 cm³/mol. The monoisotopic (exact) mass is 422 g/mol. The van der Waals surface area contributed by atoms with Gasteiger partial charge >= 0.3 is 0 Å². The molecule has 0 fully saturated rings. The van der Waals surface area contributed by atoms with Gasteiger partial charge in [0.15, 0.2) is 0 Å². The Morgan fingerprint density at radius 3 is 1.68 bits per heavy atom. The van der Waals surface area contributed by atoms with E-state index in [1.54, 1.807) is 13.0 Å². The lowest BCUT2D eigenvalue weighted by molar-refractivity contribution is -0.104. The van der Waals surface area contributed by atoms with Crippen LogP contribution in [0.25, 0.3) is 0 Å². The first kappa shape index (κ1) is 22.2. The van der Waals surface area contributed by atoms with Crippen molar-refractivity contribution in [3.8, 4) is 11.8 Å². The molecule has 2 nitrogen and oxygen atoms in total. The molecule has 0 aliphatic carbocycles. The smallest absolute Gasteiger partial charge is 0.288 e. The third-order valence-electron chi connectivity index (χ3n) is 4.99. The van der Waals surface area contributed by atoms with Crippen LogP contribution in [0.15, 0.2) is 114 Å². The molecule has 0 spiro atoms. The number of hydrogen-bond donors (Lipinski definition) is 0. The molecule has 0 aromatic heterocycles. The average Bonchev–Trinajstić information content (AvgIpc) is 2.83.